The molecule has 1 aromatic heterocycles. The predicted molar refractivity (Wildman–Crippen MR) is 65.5 cm³/mol. The van der Waals surface area contributed by atoms with E-state index in [-0.39, 0.29) is 11.9 Å². The molecule has 1 aliphatic heterocycles. The van der Waals surface area contributed by atoms with E-state index in [1.165, 1.54) is 5.69 Å². The Kier molecular flexibility index (Phi) is 3.47. The minimum Gasteiger partial charge on any atom is -0.341 e. The van der Waals surface area contributed by atoms with E-state index in [2.05, 4.69) is 18.1 Å². The number of likely N-dealkylation sites (tertiary alicyclic amines) is 1. The van der Waals surface area contributed by atoms with Gasteiger partial charge < -0.3 is 10.6 Å². The molecule has 5 heteroatoms. The van der Waals surface area contributed by atoms with Crippen molar-refractivity contribution in [3.8, 4) is 0 Å². The molecule has 2 N–H and O–H groups in total. The molecule has 1 fully saturated rings. The molecule has 94 valence electrons. The molecule has 1 aliphatic rings. The first-order chi connectivity index (χ1) is 8.06. The second-order valence-electron chi connectivity index (χ2n) is 4.81. The lowest BCUT2D eigenvalue weighted by atomic mass is 10.3. The van der Waals surface area contributed by atoms with Crippen LogP contribution in [0.3, 0.4) is 0 Å². The third-order valence-electron chi connectivity index (χ3n) is 3.15. The van der Waals surface area contributed by atoms with Crippen molar-refractivity contribution in [3.05, 3.63) is 17.5 Å². The number of carbonyl (C=O) groups is 1. The van der Waals surface area contributed by atoms with E-state index in [1.54, 1.807) is 0 Å². The molecule has 0 bridgehead atoms. The highest BCUT2D eigenvalue weighted by Gasteiger charge is 2.25. The van der Waals surface area contributed by atoms with Gasteiger partial charge in [-0.25, -0.2) is 0 Å². The van der Waals surface area contributed by atoms with Crippen LogP contribution in [0.4, 0.5) is 0 Å². The fraction of sp³-hybridized carbons (Fsp3) is 0.667. The van der Waals surface area contributed by atoms with Gasteiger partial charge in [-0.3, -0.25) is 9.48 Å². The van der Waals surface area contributed by atoms with Gasteiger partial charge in [0.1, 0.15) is 0 Å². The Morgan fingerprint density at radius 3 is 2.76 bits per heavy atom. The lowest BCUT2D eigenvalue weighted by Crippen LogP contribution is -2.29. The number of nitrogens with zero attached hydrogens (tertiary/aromatic N) is 3. The molecule has 1 amide bonds. The average molecular weight is 236 g/mol. The molecule has 0 radical (unpaired) electrons. The Morgan fingerprint density at radius 2 is 2.24 bits per heavy atom. The smallest absolute Gasteiger partial charge is 0.224 e. The van der Waals surface area contributed by atoms with Crippen molar-refractivity contribution in [2.75, 3.05) is 13.1 Å². The van der Waals surface area contributed by atoms with E-state index in [4.69, 9.17) is 5.73 Å². The maximum atomic E-state index is 11.5. The summed E-state index contributed by atoms with van der Waals surface area (Å²) in [5, 5.41) is 4.40. The molecule has 5 nitrogen and oxygen atoms in total. The summed E-state index contributed by atoms with van der Waals surface area (Å²) in [5.74, 6) is 0.186. The van der Waals surface area contributed by atoms with Gasteiger partial charge in [0.2, 0.25) is 5.91 Å². The summed E-state index contributed by atoms with van der Waals surface area (Å²) < 4.78 is 2.00. The molecule has 1 saturated heterocycles. The summed E-state index contributed by atoms with van der Waals surface area (Å²) in [6.07, 6.45) is 1.43. The van der Waals surface area contributed by atoms with Gasteiger partial charge >= 0.3 is 0 Å². The normalized spacial score (nSPS) is 20.3. The molecule has 0 saturated carbocycles. The summed E-state index contributed by atoms with van der Waals surface area (Å²) in [6, 6.07) is 2.09. The summed E-state index contributed by atoms with van der Waals surface area (Å²) in [4.78, 5) is 13.4. The fourth-order valence-corrected chi connectivity index (χ4v) is 2.33. The highest BCUT2D eigenvalue weighted by Crippen LogP contribution is 2.10. The minimum atomic E-state index is 0.0242. The Hall–Kier alpha value is -1.36. The van der Waals surface area contributed by atoms with Crippen LogP contribution in [0.1, 0.15) is 24.2 Å². The lowest BCUT2D eigenvalue weighted by Gasteiger charge is -2.15. The van der Waals surface area contributed by atoms with E-state index < -0.39 is 0 Å². The van der Waals surface area contributed by atoms with Gasteiger partial charge in [0.25, 0.3) is 0 Å². The monoisotopic (exact) mass is 236 g/mol. The molecule has 2 rings (SSSR count). The number of carbonyl (C=O) groups excluding carboxylic acids is 1. The number of rotatable bonds is 4. The molecule has 1 unspecified atom stereocenters. The Morgan fingerprint density at radius 1 is 1.47 bits per heavy atom. The molecule has 0 aliphatic carbocycles. The Labute approximate surface area is 102 Å². The second kappa shape index (κ2) is 4.87. The average Bonchev–Trinajstić information content (AvgIpc) is 2.71. The summed E-state index contributed by atoms with van der Waals surface area (Å²) in [6.45, 7) is 6.39. The molecule has 1 atom stereocenters. The third-order valence-corrected chi connectivity index (χ3v) is 3.15. The van der Waals surface area contributed by atoms with Gasteiger partial charge in [-0.2, -0.15) is 5.10 Å². The van der Waals surface area contributed by atoms with E-state index in [0.29, 0.717) is 13.0 Å². The van der Waals surface area contributed by atoms with Crippen LogP contribution in [-0.4, -0.2) is 39.7 Å². The van der Waals surface area contributed by atoms with Crippen molar-refractivity contribution in [2.45, 2.75) is 39.3 Å². The van der Waals surface area contributed by atoms with Crippen LogP contribution in [-0.2, 0) is 11.3 Å². The maximum Gasteiger partial charge on any atom is 0.224 e. The van der Waals surface area contributed by atoms with Crippen molar-refractivity contribution in [1.29, 1.82) is 0 Å². The standard InChI is InChI=1S/C12H20N4O/c1-9-6-10(2)16(14-9)5-3-4-15-8-11(13)7-12(15)17/h6,11H,3-5,7-8,13H2,1-2H3. The van der Waals surface area contributed by atoms with Crippen molar-refractivity contribution in [1.82, 2.24) is 14.7 Å². The van der Waals surface area contributed by atoms with Crippen LogP contribution in [0.15, 0.2) is 6.07 Å². The number of amides is 1. The van der Waals surface area contributed by atoms with Crippen molar-refractivity contribution >= 4 is 5.91 Å². The van der Waals surface area contributed by atoms with Crippen LogP contribution in [0.5, 0.6) is 0 Å². The van der Waals surface area contributed by atoms with E-state index in [1.807, 2.05) is 16.5 Å². The van der Waals surface area contributed by atoms with Crippen LogP contribution in [0.25, 0.3) is 0 Å². The van der Waals surface area contributed by atoms with Gasteiger partial charge in [0.05, 0.1) is 5.69 Å². The SMILES string of the molecule is Cc1cc(C)n(CCCN2CC(N)CC2=O)n1. The summed E-state index contributed by atoms with van der Waals surface area (Å²) >= 11 is 0. The van der Waals surface area contributed by atoms with Gasteiger partial charge in [-0.15, -0.1) is 0 Å². The van der Waals surface area contributed by atoms with E-state index in [0.717, 1.165) is 25.2 Å². The Bertz CT molecular complexity index is 413. The molecule has 2 heterocycles. The van der Waals surface area contributed by atoms with Crippen LogP contribution >= 0.6 is 0 Å². The fourth-order valence-electron chi connectivity index (χ4n) is 2.33. The summed E-state index contributed by atoms with van der Waals surface area (Å²) in [7, 11) is 0. The number of hydrogen-bond acceptors (Lipinski definition) is 3. The first-order valence-electron chi connectivity index (χ1n) is 6.10. The summed E-state index contributed by atoms with van der Waals surface area (Å²) in [5.41, 5.74) is 7.96. The van der Waals surface area contributed by atoms with Crippen molar-refractivity contribution < 1.29 is 4.79 Å². The molecule has 0 aromatic carbocycles. The molecule has 0 spiro atoms. The highest BCUT2D eigenvalue weighted by atomic mass is 16.2. The van der Waals surface area contributed by atoms with Gasteiger partial charge in [0.15, 0.2) is 0 Å². The highest BCUT2D eigenvalue weighted by molar-refractivity contribution is 5.79. The van der Waals surface area contributed by atoms with E-state index in [9.17, 15) is 4.79 Å². The zero-order chi connectivity index (χ0) is 12.4. The predicted octanol–water partition coefficient (Wildman–Crippen LogP) is 0.450. The number of aromatic nitrogens is 2. The van der Waals surface area contributed by atoms with E-state index >= 15 is 0 Å². The number of nitrogens with two attached hydrogens (primary N) is 1. The van der Waals surface area contributed by atoms with Gasteiger partial charge in [-0.05, 0) is 26.3 Å². The molecule has 1 aromatic rings. The van der Waals surface area contributed by atoms with Gasteiger partial charge in [-0.1, -0.05) is 0 Å². The second-order valence-corrected chi connectivity index (χ2v) is 4.81. The van der Waals surface area contributed by atoms with Crippen molar-refractivity contribution in [2.24, 2.45) is 5.73 Å². The lowest BCUT2D eigenvalue weighted by molar-refractivity contribution is -0.127. The van der Waals surface area contributed by atoms with Gasteiger partial charge in [0, 0.05) is 37.8 Å². The Balaban J connectivity index is 1.80. The zero-order valence-electron chi connectivity index (χ0n) is 10.5. The van der Waals surface area contributed by atoms with Crippen LogP contribution in [0.2, 0.25) is 0 Å². The number of hydrogen-bond donors (Lipinski definition) is 1. The first-order valence-corrected chi connectivity index (χ1v) is 6.10. The van der Waals surface area contributed by atoms with Crippen molar-refractivity contribution in [3.63, 3.8) is 0 Å². The van der Waals surface area contributed by atoms with Crippen LogP contribution in [0, 0.1) is 13.8 Å². The first kappa shape index (κ1) is 12.1. The largest absolute Gasteiger partial charge is 0.341 e. The third kappa shape index (κ3) is 2.85. The minimum absolute atomic E-state index is 0.0242. The quantitative estimate of drug-likeness (QED) is 0.825. The molecular formula is C12H20N4O. The zero-order valence-corrected chi connectivity index (χ0v) is 10.5. The molecule has 17 heavy (non-hydrogen) atoms. The number of aryl methyl sites for hydroxylation is 3. The molecular weight excluding hydrogens is 216 g/mol. The maximum absolute atomic E-state index is 11.5. The van der Waals surface area contributed by atoms with Crippen LogP contribution < -0.4 is 5.73 Å². The topological polar surface area (TPSA) is 64.2 Å².